The van der Waals surface area contributed by atoms with E-state index in [1.165, 1.54) is 11.3 Å². The summed E-state index contributed by atoms with van der Waals surface area (Å²) >= 11 is 6.99. The van der Waals surface area contributed by atoms with Crippen LogP contribution in [0.3, 0.4) is 0 Å². The molecule has 0 bridgehead atoms. The Bertz CT molecular complexity index is 278. The number of hydrogen-bond acceptors (Lipinski definition) is 3. The lowest BCUT2D eigenvalue weighted by Crippen LogP contribution is -1.82. The van der Waals surface area contributed by atoms with E-state index in [0.29, 0.717) is 17.4 Å². The first-order valence-electron chi connectivity index (χ1n) is 2.94. The summed E-state index contributed by atoms with van der Waals surface area (Å²) in [6, 6.07) is 0. The van der Waals surface area contributed by atoms with Crippen LogP contribution < -0.4 is 0 Å². The van der Waals surface area contributed by atoms with Gasteiger partial charge in [-0.05, 0) is 12.0 Å². The molecule has 0 saturated carbocycles. The molecule has 0 atom stereocenters. The van der Waals surface area contributed by atoms with Gasteiger partial charge in [-0.15, -0.1) is 11.3 Å². The molecule has 6 heteroatoms. The van der Waals surface area contributed by atoms with Crippen molar-refractivity contribution in [2.75, 3.05) is 6.54 Å². The molecular formula is C5H5ClN4S. The van der Waals surface area contributed by atoms with E-state index in [1.54, 1.807) is 6.20 Å². The second-order valence-corrected chi connectivity index (χ2v) is 3.48. The minimum atomic E-state index is 0.467. The molecule has 0 aromatic carbocycles. The number of rotatable bonds is 3. The first kappa shape index (κ1) is 8.33. The molecule has 0 aliphatic heterocycles. The SMILES string of the molecule is [N-]=[N+]=NCCc1cnc(Cl)s1. The van der Waals surface area contributed by atoms with Crippen molar-refractivity contribution in [2.45, 2.75) is 6.42 Å². The largest absolute Gasteiger partial charge is 0.233 e. The number of hydrogen-bond donors (Lipinski definition) is 0. The molecule has 11 heavy (non-hydrogen) atoms. The number of thiazole rings is 1. The predicted octanol–water partition coefficient (Wildman–Crippen LogP) is 2.65. The van der Waals surface area contributed by atoms with Crippen LogP contribution in [0.15, 0.2) is 11.3 Å². The molecule has 0 aliphatic carbocycles. The van der Waals surface area contributed by atoms with Crippen molar-refractivity contribution in [3.63, 3.8) is 0 Å². The van der Waals surface area contributed by atoms with Gasteiger partial charge in [-0.1, -0.05) is 16.7 Å². The number of halogens is 1. The monoisotopic (exact) mass is 188 g/mol. The fourth-order valence-corrected chi connectivity index (χ4v) is 1.57. The van der Waals surface area contributed by atoms with Gasteiger partial charge in [0, 0.05) is 22.5 Å². The Hall–Kier alpha value is -0.770. The lowest BCUT2D eigenvalue weighted by atomic mass is 10.4. The van der Waals surface area contributed by atoms with E-state index in [2.05, 4.69) is 15.0 Å². The van der Waals surface area contributed by atoms with Crippen molar-refractivity contribution in [3.05, 3.63) is 26.0 Å². The Labute approximate surface area is 72.5 Å². The Balaban J connectivity index is 2.44. The van der Waals surface area contributed by atoms with Gasteiger partial charge < -0.3 is 0 Å². The zero-order valence-electron chi connectivity index (χ0n) is 5.57. The second-order valence-electron chi connectivity index (χ2n) is 1.78. The van der Waals surface area contributed by atoms with Crippen molar-refractivity contribution in [1.29, 1.82) is 0 Å². The van der Waals surface area contributed by atoms with E-state index in [-0.39, 0.29) is 0 Å². The van der Waals surface area contributed by atoms with Crippen LogP contribution in [0.1, 0.15) is 4.88 Å². The third kappa shape index (κ3) is 2.76. The maximum Gasteiger partial charge on any atom is 0.183 e. The summed E-state index contributed by atoms with van der Waals surface area (Å²) in [4.78, 5) is 7.52. The average Bonchev–Trinajstić information content (AvgIpc) is 2.37. The molecule has 1 heterocycles. The van der Waals surface area contributed by atoms with Crippen LogP contribution in [0.25, 0.3) is 10.4 Å². The molecule has 0 radical (unpaired) electrons. The molecule has 0 fully saturated rings. The summed E-state index contributed by atoms with van der Waals surface area (Å²) < 4.78 is 0.529. The Morgan fingerprint density at radius 3 is 3.18 bits per heavy atom. The third-order valence-electron chi connectivity index (χ3n) is 1.05. The van der Waals surface area contributed by atoms with Crippen LogP contribution in [0.5, 0.6) is 0 Å². The van der Waals surface area contributed by atoms with Gasteiger partial charge in [0.15, 0.2) is 4.47 Å². The first-order chi connectivity index (χ1) is 5.33. The lowest BCUT2D eigenvalue weighted by Gasteiger charge is -1.85. The normalized spacial score (nSPS) is 9.18. The van der Waals surface area contributed by atoms with Crippen LogP contribution >= 0.6 is 22.9 Å². The van der Waals surface area contributed by atoms with E-state index in [1.807, 2.05) is 0 Å². The van der Waals surface area contributed by atoms with Crippen LogP contribution in [0.2, 0.25) is 4.47 Å². The van der Waals surface area contributed by atoms with E-state index >= 15 is 0 Å². The van der Waals surface area contributed by atoms with Crippen molar-refractivity contribution < 1.29 is 0 Å². The zero-order valence-corrected chi connectivity index (χ0v) is 7.14. The molecule has 0 aliphatic rings. The van der Waals surface area contributed by atoms with E-state index in [0.717, 1.165) is 4.88 Å². The summed E-state index contributed by atoms with van der Waals surface area (Å²) in [6.45, 7) is 0.467. The van der Waals surface area contributed by atoms with Crippen molar-refractivity contribution in [1.82, 2.24) is 4.98 Å². The van der Waals surface area contributed by atoms with E-state index in [4.69, 9.17) is 17.1 Å². The second kappa shape index (κ2) is 4.18. The average molecular weight is 189 g/mol. The van der Waals surface area contributed by atoms with E-state index in [9.17, 15) is 0 Å². The molecule has 0 N–H and O–H groups in total. The maximum absolute atomic E-state index is 7.97. The highest BCUT2D eigenvalue weighted by Gasteiger charge is 1.96. The molecule has 58 valence electrons. The van der Waals surface area contributed by atoms with Gasteiger partial charge in [0.05, 0.1) is 0 Å². The fourth-order valence-electron chi connectivity index (χ4n) is 0.604. The molecular weight excluding hydrogens is 184 g/mol. The minimum absolute atomic E-state index is 0.467. The summed E-state index contributed by atoms with van der Waals surface area (Å²) in [6.07, 6.45) is 2.41. The molecule has 0 unspecified atom stereocenters. The Morgan fingerprint density at radius 1 is 1.82 bits per heavy atom. The van der Waals surface area contributed by atoms with Gasteiger partial charge in [-0.25, -0.2) is 4.98 Å². The summed E-state index contributed by atoms with van der Waals surface area (Å²) in [5.41, 5.74) is 7.97. The highest BCUT2D eigenvalue weighted by atomic mass is 35.5. The molecule has 4 nitrogen and oxygen atoms in total. The molecule has 1 aromatic heterocycles. The highest BCUT2D eigenvalue weighted by molar-refractivity contribution is 7.15. The van der Waals surface area contributed by atoms with E-state index < -0.39 is 0 Å². The number of aromatic nitrogens is 1. The van der Waals surface area contributed by atoms with Crippen LogP contribution in [-0.4, -0.2) is 11.5 Å². The maximum atomic E-state index is 7.97. The van der Waals surface area contributed by atoms with Crippen LogP contribution in [0, 0.1) is 0 Å². The summed E-state index contributed by atoms with van der Waals surface area (Å²) in [5.74, 6) is 0. The topological polar surface area (TPSA) is 61.7 Å². The highest BCUT2D eigenvalue weighted by Crippen LogP contribution is 2.17. The number of nitrogens with zero attached hydrogens (tertiary/aromatic N) is 4. The van der Waals surface area contributed by atoms with Crippen LogP contribution in [0.4, 0.5) is 0 Å². The number of azide groups is 1. The van der Waals surface area contributed by atoms with Gasteiger partial charge in [-0.2, -0.15) is 0 Å². The zero-order chi connectivity index (χ0) is 8.10. The van der Waals surface area contributed by atoms with Gasteiger partial charge >= 0.3 is 0 Å². The fraction of sp³-hybridized carbons (Fsp3) is 0.400. The molecule has 1 aromatic rings. The Kier molecular flexibility index (Phi) is 3.16. The molecule has 0 saturated heterocycles. The van der Waals surface area contributed by atoms with Crippen LogP contribution in [-0.2, 0) is 6.42 Å². The first-order valence-corrected chi connectivity index (χ1v) is 4.13. The third-order valence-corrected chi connectivity index (χ3v) is 2.22. The molecule has 0 amide bonds. The lowest BCUT2D eigenvalue weighted by molar-refractivity contribution is 0.970. The quantitative estimate of drug-likeness (QED) is 0.409. The van der Waals surface area contributed by atoms with Gasteiger partial charge in [0.25, 0.3) is 0 Å². The minimum Gasteiger partial charge on any atom is -0.233 e. The van der Waals surface area contributed by atoms with Crippen molar-refractivity contribution in [3.8, 4) is 0 Å². The molecule has 1 rings (SSSR count). The Morgan fingerprint density at radius 2 is 2.64 bits per heavy atom. The molecule has 0 spiro atoms. The van der Waals surface area contributed by atoms with Crippen molar-refractivity contribution in [2.24, 2.45) is 5.11 Å². The van der Waals surface area contributed by atoms with Gasteiger partial charge in [-0.3, -0.25) is 0 Å². The van der Waals surface area contributed by atoms with Crippen molar-refractivity contribution >= 4 is 22.9 Å². The summed E-state index contributed by atoms with van der Waals surface area (Å²) in [7, 11) is 0. The standard InChI is InChI=1S/C5H5ClN4S/c6-5-8-3-4(11-5)1-2-9-10-7/h3H,1-2H2. The van der Waals surface area contributed by atoms with Gasteiger partial charge in [0.1, 0.15) is 0 Å². The summed E-state index contributed by atoms with van der Waals surface area (Å²) in [5, 5.41) is 3.39. The van der Waals surface area contributed by atoms with Gasteiger partial charge in [0.2, 0.25) is 0 Å². The predicted molar refractivity (Wildman–Crippen MR) is 44.8 cm³/mol. The smallest absolute Gasteiger partial charge is 0.183 e.